The number of aromatic nitrogens is 1. The Kier molecular flexibility index (Phi) is 7.77. The fraction of sp³-hybridized carbons (Fsp3) is 0.171. The number of nitrogens with one attached hydrogen (secondary N) is 1. The van der Waals surface area contributed by atoms with Crippen molar-refractivity contribution >= 4 is 26.5 Å². The molecule has 1 atom stereocenters. The van der Waals surface area contributed by atoms with Crippen LogP contribution in [0, 0.1) is 11.8 Å². The van der Waals surface area contributed by atoms with Gasteiger partial charge in [0.2, 0.25) is 0 Å². The van der Waals surface area contributed by atoms with Crippen molar-refractivity contribution in [1.29, 1.82) is 0 Å². The van der Waals surface area contributed by atoms with Gasteiger partial charge in [-0.2, -0.15) is 0 Å². The molecule has 1 unspecified atom stereocenters. The Morgan fingerprint density at radius 2 is 1.64 bits per heavy atom. The second-order valence-electron chi connectivity index (χ2n) is 10.6. The molecule has 1 aromatic heterocycles. The van der Waals surface area contributed by atoms with Crippen LogP contribution in [0.4, 0.5) is 0 Å². The topological polar surface area (TPSA) is 90.5 Å². The van der Waals surface area contributed by atoms with Crippen molar-refractivity contribution < 1.29 is 18.3 Å². The van der Waals surface area contributed by atoms with Crippen LogP contribution in [0.1, 0.15) is 38.7 Å². The maximum atomic E-state index is 13.7. The molecule has 0 spiro atoms. The number of nitrogens with zero attached hydrogens (tertiary/aromatic N) is 1. The number of ketones is 1. The van der Waals surface area contributed by atoms with E-state index < -0.39 is 15.9 Å². The largest absolute Gasteiger partial charge is 0.380 e. The number of H-pyrrole nitrogens is 1. The molecule has 6 nitrogen and oxygen atoms in total. The van der Waals surface area contributed by atoms with Crippen molar-refractivity contribution in [2.75, 3.05) is 24.6 Å². The third-order valence-corrected chi connectivity index (χ3v) is 9.29. The highest BCUT2D eigenvalue weighted by molar-refractivity contribution is 7.91. The molecule has 6 rings (SSSR count). The van der Waals surface area contributed by atoms with Crippen molar-refractivity contribution in [3.8, 4) is 23.0 Å². The smallest absolute Gasteiger partial charge is 0.196 e. The highest BCUT2D eigenvalue weighted by Gasteiger charge is 2.24. The fourth-order valence-electron chi connectivity index (χ4n) is 5.31. The lowest BCUT2D eigenvalue weighted by Crippen LogP contribution is -2.39. The van der Waals surface area contributed by atoms with Gasteiger partial charge in [-0.05, 0) is 52.4 Å². The van der Waals surface area contributed by atoms with Crippen molar-refractivity contribution in [2.24, 2.45) is 0 Å². The lowest BCUT2D eigenvalue weighted by Gasteiger charge is -2.26. The zero-order valence-electron chi connectivity index (χ0n) is 23.0. The average molecular weight is 575 g/mol. The van der Waals surface area contributed by atoms with Gasteiger partial charge in [0.1, 0.15) is 6.10 Å². The first-order chi connectivity index (χ1) is 20.4. The molecular formula is C35H30N2O4S. The molecule has 2 N–H and O–H groups in total. The van der Waals surface area contributed by atoms with Crippen LogP contribution in [-0.4, -0.2) is 53.8 Å². The first-order valence-electron chi connectivity index (χ1n) is 13.9. The molecule has 0 amide bonds. The number of fused-ring (bicyclic) bond motifs is 1. The zero-order valence-corrected chi connectivity index (χ0v) is 23.8. The van der Waals surface area contributed by atoms with Crippen molar-refractivity contribution in [1.82, 2.24) is 9.88 Å². The zero-order chi connectivity index (χ0) is 29.1. The number of carbonyl (C=O) groups excluding carboxylic acids is 1. The van der Waals surface area contributed by atoms with E-state index >= 15 is 0 Å². The molecule has 0 radical (unpaired) electrons. The lowest BCUT2D eigenvalue weighted by atomic mass is 9.89. The van der Waals surface area contributed by atoms with E-state index in [1.165, 1.54) is 0 Å². The van der Waals surface area contributed by atoms with Gasteiger partial charge in [0.25, 0.3) is 0 Å². The summed E-state index contributed by atoms with van der Waals surface area (Å²) in [5.41, 5.74) is 6.01. The van der Waals surface area contributed by atoms with Gasteiger partial charge in [-0.15, -0.1) is 0 Å². The predicted molar refractivity (Wildman–Crippen MR) is 166 cm³/mol. The lowest BCUT2D eigenvalue weighted by molar-refractivity contribution is 0.0748. The summed E-state index contributed by atoms with van der Waals surface area (Å²) in [7, 11) is -2.90. The van der Waals surface area contributed by atoms with Crippen molar-refractivity contribution in [3.63, 3.8) is 0 Å². The van der Waals surface area contributed by atoms with Gasteiger partial charge in [0.05, 0.1) is 11.5 Å². The van der Waals surface area contributed by atoms with Crippen LogP contribution < -0.4 is 0 Å². The standard InChI is InChI=1S/C35H30N2O4S/c38-34(29-5-2-1-3-6-29)35(39)31-8-4-7-28(33(31)30-16-15-27-17-18-36-32(27)23-30)14-13-25-9-11-26(12-10-25)24-37-19-21-42(40,41)22-20-37/h1-12,15-18,23,34,36,38H,19-22,24H2. The fourth-order valence-corrected chi connectivity index (χ4v) is 6.59. The number of aliphatic hydroxyl groups excluding tert-OH is 1. The van der Waals surface area contributed by atoms with Crippen molar-refractivity contribution in [3.05, 3.63) is 131 Å². The quantitative estimate of drug-likeness (QED) is 0.210. The van der Waals surface area contributed by atoms with Crippen LogP contribution in [0.2, 0.25) is 0 Å². The van der Waals surface area contributed by atoms with Crippen LogP contribution in [0.3, 0.4) is 0 Å². The van der Waals surface area contributed by atoms with E-state index in [2.05, 4.69) is 21.7 Å². The van der Waals surface area contributed by atoms with Gasteiger partial charge in [-0.3, -0.25) is 9.69 Å². The van der Waals surface area contributed by atoms with Gasteiger partial charge in [-0.25, -0.2) is 8.42 Å². The number of benzene rings is 4. The summed E-state index contributed by atoms with van der Waals surface area (Å²) >= 11 is 0. The normalized spacial score (nSPS) is 15.5. The molecule has 0 aliphatic carbocycles. The number of hydrogen-bond acceptors (Lipinski definition) is 5. The van der Waals surface area contributed by atoms with Gasteiger partial charge in [0, 0.05) is 53.6 Å². The summed E-state index contributed by atoms with van der Waals surface area (Å²) in [4.78, 5) is 19.1. The van der Waals surface area contributed by atoms with Gasteiger partial charge < -0.3 is 10.1 Å². The first-order valence-corrected chi connectivity index (χ1v) is 15.7. The maximum Gasteiger partial charge on any atom is 0.196 e. The molecule has 5 aromatic rings. The Morgan fingerprint density at radius 1 is 0.881 bits per heavy atom. The van der Waals surface area contributed by atoms with Gasteiger partial charge >= 0.3 is 0 Å². The molecule has 1 saturated heterocycles. The minimum Gasteiger partial charge on any atom is -0.380 e. The Balaban J connectivity index is 1.32. The number of Topliss-reactive ketones (excluding diaryl/α,β-unsaturated/α-hetero) is 1. The monoisotopic (exact) mass is 574 g/mol. The number of rotatable bonds is 6. The SMILES string of the molecule is O=C(c1cccc(C#Cc2ccc(CN3CCS(=O)(=O)CC3)cc2)c1-c1ccc2cc[nH]c2c1)C(O)c1ccccc1. The van der Waals surface area contributed by atoms with E-state index in [-0.39, 0.29) is 17.3 Å². The van der Waals surface area contributed by atoms with Crippen LogP contribution in [0.5, 0.6) is 0 Å². The maximum absolute atomic E-state index is 13.7. The number of carbonyl (C=O) groups is 1. The van der Waals surface area contributed by atoms with E-state index in [9.17, 15) is 18.3 Å². The summed E-state index contributed by atoms with van der Waals surface area (Å²) in [6, 6.07) is 30.3. The summed E-state index contributed by atoms with van der Waals surface area (Å²) in [6.07, 6.45) is 0.581. The Morgan fingerprint density at radius 3 is 2.40 bits per heavy atom. The van der Waals surface area contributed by atoms with E-state index in [0.717, 1.165) is 27.6 Å². The number of hydrogen-bond donors (Lipinski definition) is 2. The molecular weight excluding hydrogens is 544 g/mol. The van der Waals surface area contributed by atoms with Gasteiger partial charge in [0.15, 0.2) is 15.6 Å². The molecule has 0 saturated carbocycles. The second kappa shape index (κ2) is 11.8. The Bertz CT molecular complexity index is 1900. The van der Waals surface area contributed by atoms with Crippen LogP contribution in [0.25, 0.3) is 22.0 Å². The molecule has 1 aliphatic rings. The summed E-state index contributed by atoms with van der Waals surface area (Å²) in [5.74, 6) is 6.56. The molecule has 0 bridgehead atoms. The van der Waals surface area contributed by atoms with Crippen molar-refractivity contribution in [2.45, 2.75) is 12.6 Å². The summed E-state index contributed by atoms with van der Waals surface area (Å²) in [5, 5.41) is 12.1. The predicted octanol–water partition coefficient (Wildman–Crippen LogP) is 5.38. The summed E-state index contributed by atoms with van der Waals surface area (Å²) < 4.78 is 23.4. The first kappa shape index (κ1) is 27.7. The molecule has 1 aliphatic heterocycles. The van der Waals surface area contributed by atoms with Crippen LogP contribution >= 0.6 is 0 Å². The molecule has 2 heterocycles. The molecule has 7 heteroatoms. The molecule has 210 valence electrons. The van der Waals surface area contributed by atoms with Gasteiger partial charge in [-0.1, -0.05) is 78.6 Å². The van der Waals surface area contributed by atoms with Crippen LogP contribution in [0.15, 0.2) is 103 Å². The Hall–Kier alpha value is -4.48. The van der Waals surface area contributed by atoms with E-state index in [1.807, 2.05) is 66.9 Å². The Labute approximate surface area is 245 Å². The molecule has 1 fully saturated rings. The summed E-state index contributed by atoms with van der Waals surface area (Å²) in [6.45, 7) is 1.80. The molecule has 4 aromatic carbocycles. The molecule has 42 heavy (non-hydrogen) atoms. The highest BCUT2D eigenvalue weighted by atomic mass is 32.2. The highest BCUT2D eigenvalue weighted by Crippen LogP contribution is 2.33. The third kappa shape index (κ3) is 6.07. The number of aliphatic hydroxyl groups is 1. The number of aromatic amines is 1. The average Bonchev–Trinajstić information content (AvgIpc) is 3.49. The van der Waals surface area contributed by atoms with E-state index in [0.29, 0.717) is 41.9 Å². The second-order valence-corrected chi connectivity index (χ2v) is 12.9. The third-order valence-electron chi connectivity index (χ3n) is 7.68. The number of sulfone groups is 1. The minimum atomic E-state index is -2.90. The van der Waals surface area contributed by atoms with E-state index in [1.54, 1.807) is 36.4 Å². The minimum absolute atomic E-state index is 0.208. The van der Waals surface area contributed by atoms with E-state index in [4.69, 9.17) is 0 Å². The van der Waals surface area contributed by atoms with Crippen LogP contribution in [-0.2, 0) is 16.4 Å².